The van der Waals surface area contributed by atoms with Gasteiger partial charge in [-0.25, -0.2) is 8.42 Å². The fourth-order valence-corrected chi connectivity index (χ4v) is 3.23. The van der Waals surface area contributed by atoms with Crippen LogP contribution in [-0.2, 0) is 14.8 Å². The Hall–Kier alpha value is -2.23. The van der Waals surface area contributed by atoms with E-state index in [-0.39, 0.29) is 10.8 Å². The van der Waals surface area contributed by atoms with Gasteiger partial charge >= 0.3 is 5.97 Å². The number of hydrogen-bond acceptors (Lipinski definition) is 5. The zero-order valence-electron chi connectivity index (χ0n) is 11.1. The van der Waals surface area contributed by atoms with Crippen LogP contribution in [-0.4, -0.2) is 31.9 Å². The van der Waals surface area contributed by atoms with E-state index >= 15 is 0 Å². The van der Waals surface area contributed by atoms with E-state index in [1.165, 1.54) is 29.5 Å². The number of anilines is 1. The third kappa shape index (κ3) is 4.13. The summed E-state index contributed by atoms with van der Waals surface area (Å²) in [6.07, 6.45) is 0. The van der Waals surface area contributed by atoms with Crippen LogP contribution in [0.2, 0.25) is 0 Å². The Labute approximate surface area is 130 Å². The number of amides is 1. The van der Waals surface area contributed by atoms with Gasteiger partial charge in [0.15, 0.2) is 0 Å². The number of benzene rings is 1. The van der Waals surface area contributed by atoms with Crippen LogP contribution in [0.25, 0.3) is 0 Å². The SMILES string of the molecule is O=C(O)CNS(=O)(=O)c1cccc(NC(=O)c2ccsc2)c1. The second-order valence-electron chi connectivity index (χ2n) is 4.21. The summed E-state index contributed by atoms with van der Waals surface area (Å²) in [5.41, 5.74) is 0.775. The summed E-state index contributed by atoms with van der Waals surface area (Å²) in [6, 6.07) is 7.22. The fraction of sp³-hybridized carbons (Fsp3) is 0.0769. The number of hydrogen-bond donors (Lipinski definition) is 3. The van der Waals surface area contributed by atoms with Crippen LogP contribution < -0.4 is 10.0 Å². The van der Waals surface area contributed by atoms with Crippen molar-refractivity contribution in [1.82, 2.24) is 4.72 Å². The number of carbonyl (C=O) groups excluding carboxylic acids is 1. The highest BCUT2D eigenvalue weighted by Crippen LogP contribution is 2.17. The molecule has 1 amide bonds. The monoisotopic (exact) mass is 340 g/mol. The van der Waals surface area contributed by atoms with Crippen LogP contribution in [0.4, 0.5) is 5.69 Å². The van der Waals surface area contributed by atoms with Crippen LogP contribution in [0.5, 0.6) is 0 Å². The Balaban J connectivity index is 2.16. The topological polar surface area (TPSA) is 113 Å². The number of carboxylic acid groups (broad SMARTS) is 1. The van der Waals surface area contributed by atoms with E-state index < -0.39 is 22.5 Å². The van der Waals surface area contributed by atoms with Gasteiger partial charge in [0.2, 0.25) is 10.0 Å². The van der Waals surface area contributed by atoms with Crippen LogP contribution in [0, 0.1) is 0 Å². The molecule has 116 valence electrons. The second-order valence-corrected chi connectivity index (χ2v) is 6.76. The van der Waals surface area contributed by atoms with Gasteiger partial charge in [0.05, 0.1) is 10.5 Å². The molecule has 0 atom stereocenters. The third-order valence-corrected chi connectivity index (χ3v) is 4.68. The molecule has 0 saturated carbocycles. The third-order valence-electron chi connectivity index (χ3n) is 2.60. The number of rotatable bonds is 6. The van der Waals surface area contributed by atoms with Crippen LogP contribution in [0.1, 0.15) is 10.4 Å². The van der Waals surface area contributed by atoms with Crippen molar-refractivity contribution in [2.75, 3.05) is 11.9 Å². The summed E-state index contributed by atoms with van der Waals surface area (Å²) < 4.78 is 25.8. The second kappa shape index (κ2) is 6.69. The smallest absolute Gasteiger partial charge is 0.318 e. The zero-order valence-corrected chi connectivity index (χ0v) is 12.8. The quantitative estimate of drug-likeness (QED) is 0.735. The Morgan fingerprint density at radius 2 is 2.00 bits per heavy atom. The highest BCUT2D eigenvalue weighted by Gasteiger charge is 2.16. The van der Waals surface area contributed by atoms with Gasteiger partial charge in [-0.15, -0.1) is 0 Å². The van der Waals surface area contributed by atoms with Gasteiger partial charge in [0.25, 0.3) is 5.91 Å². The van der Waals surface area contributed by atoms with E-state index in [0.29, 0.717) is 11.3 Å². The maximum Gasteiger partial charge on any atom is 0.318 e. The Kier molecular flexibility index (Phi) is 4.91. The van der Waals surface area contributed by atoms with Gasteiger partial charge in [-0.2, -0.15) is 16.1 Å². The van der Waals surface area contributed by atoms with Crippen molar-refractivity contribution in [1.29, 1.82) is 0 Å². The average molecular weight is 340 g/mol. The lowest BCUT2D eigenvalue weighted by molar-refractivity contribution is -0.135. The minimum absolute atomic E-state index is 0.128. The largest absolute Gasteiger partial charge is 0.480 e. The van der Waals surface area contributed by atoms with Gasteiger partial charge in [-0.05, 0) is 29.6 Å². The summed E-state index contributed by atoms with van der Waals surface area (Å²) >= 11 is 1.37. The van der Waals surface area contributed by atoms with Crippen molar-refractivity contribution >= 4 is 38.9 Å². The summed E-state index contributed by atoms with van der Waals surface area (Å²) in [4.78, 5) is 22.2. The summed E-state index contributed by atoms with van der Waals surface area (Å²) in [5.74, 6) is -1.64. The molecule has 22 heavy (non-hydrogen) atoms. The molecule has 0 saturated heterocycles. The van der Waals surface area contributed by atoms with E-state index in [1.807, 2.05) is 4.72 Å². The lowest BCUT2D eigenvalue weighted by atomic mass is 10.3. The number of carbonyl (C=O) groups is 2. The molecule has 1 aromatic heterocycles. The molecule has 0 fully saturated rings. The van der Waals surface area contributed by atoms with Crippen molar-refractivity contribution in [3.8, 4) is 0 Å². The fourth-order valence-electron chi connectivity index (χ4n) is 1.58. The first-order chi connectivity index (χ1) is 10.4. The molecule has 2 aromatic rings. The first-order valence-corrected chi connectivity index (χ1v) is 8.46. The number of sulfonamides is 1. The predicted molar refractivity (Wildman–Crippen MR) is 81.5 cm³/mol. The lowest BCUT2D eigenvalue weighted by Gasteiger charge is -2.08. The maximum atomic E-state index is 11.9. The van der Waals surface area contributed by atoms with Gasteiger partial charge < -0.3 is 10.4 Å². The van der Waals surface area contributed by atoms with E-state index in [4.69, 9.17) is 5.11 Å². The summed E-state index contributed by atoms with van der Waals surface area (Å²) in [7, 11) is -3.95. The highest BCUT2D eigenvalue weighted by molar-refractivity contribution is 7.89. The Morgan fingerprint density at radius 1 is 1.23 bits per heavy atom. The van der Waals surface area contributed by atoms with Crippen molar-refractivity contribution in [2.45, 2.75) is 4.90 Å². The molecular formula is C13H12N2O5S2. The Bertz CT molecular complexity index is 785. The number of aliphatic carboxylic acids is 1. The normalized spacial score (nSPS) is 11.1. The Morgan fingerprint density at radius 3 is 2.64 bits per heavy atom. The van der Waals surface area contributed by atoms with Crippen molar-refractivity contribution < 1.29 is 23.1 Å². The van der Waals surface area contributed by atoms with E-state index in [9.17, 15) is 18.0 Å². The maximum absolute atomic E-state index is 11.9. The molecule has 9 heteroatoms. The van der Waals surface area contributed by atoms with Crippen LogP contribution in [0.15, 0.2) is 46.0 Å². The van der Waals surface area contributed by atoms with Gasteiger partial charge in [0, 0.05) is 11.1 Å². The molecule has 0 spiro atoms. The van der Waals surface area contributed by atoms with Crippen molar-refractivity contribution in [3.63, 3.8) is 0 Å². The van der Waals surface area contributed by atoms with Crippen LogP contribution in [0.3, 0.4) is 0 Å². The average Bonchev–Trinajstić information content (AvgIpc) is 3.00. The molecule has 1 heterocycles. The molecular weight excluding hydrogens is 328 g/mol. The molecule has 1 aromatic carbocycles. The number of carboxylic acids is 1. The predicted octanol–water partition coefficient (Wildman–Crippen LogP) is 1.36. The molecule has 2 rings (SSSR count). The summed E-state index contributed by atoms with van der Waals surface area (Å²) in [5, 5.41) is 14.5. The molecule has 0 aliphatic carbocycles. The van der Waals surface area contributed by atoms with Crippen molar-refractivity contribution in [2.24, 2.45) is 0 Å². The van der Waals surface area contributed by atoms with E-state index in [0.717, 1.165) is 0 Å². The number of thiophene rings is 1. The standard InChI is InChI=1S/C13H12N2O5S2/c16-12(17)7-14-22(19,20)11-3-1-2-10(6-11)15-13(18)9-4-5-21-8-9/h1-6,8,14H,7H2,(H,15,18)(H,16,17). The lowest BCUT2D eigenvalue weighted by Crippen LogP contribution is -2.29. The highest BCUT2D eigenvalue weighted by atomic mass is 32.2. The molecule has 3 N–H and O–H groups in total. The van der Waals surface area contributed by atoms with Gasteiger partial charge in [-0.3, -0.25) is 9.59 Å². The molecule has 0 unspecified atom stereocenters. The van der Waals surface area contributed by atoms with Gasteiger partial charge in [-0.1, -0.05) is 6.07 Å². The zero-order chi connectivity index (χ0) is 16.2. The molecule has 0 radical (unpaired) electrons. The minimum atomic E-state index is -3.95. The van der Waals surface area contributed by atoms with E-state index in [2.05, 4.69) is 5.32 Å². The first-order valence-electron chi connectivity index (χ1n) is 6.03. The molecule has 7 nitrogen and oxygen atoms in total. The molecule has 0 aliphatic heterocycles. The number of nitrogens with one attached hydrogen (secondary N) is 2. The molecule has 0 bridgehead atoms. The summed E-state index contributed by atoms with van der Waals surface area (Å²) in [6.45, 7) is -0.714. The minimum Gasteiger partial charge on any atom is -0.480 e. The first kappa shape index (κ1) is 16.1. The van der Waals surface area contributed by atoms with Crippen LogP contribution >= 0.6 is 11.3 Å². The molecule has 0 aliphatic rings. The van der Waals surface area contributed by atoms with E-state index in [1.54, 1.807) is 22.9 Å². The van der Waals surface area contributed by atoms with Gasteiger partial charge in [0.1, 0.15) is 6.54 Å². The van der Waals surface area contributed by atoms with Crippen molar-refractivity contribution in [3.05, 3.63) is 46.7 Å².